The number of nitrogens with one attached hydrogen (secondary N) is 1. The first-order valence-corrected chi connectivity index (χ1v) is 7.80. The number of anilines is 1. The van der Waals surface area contributed by atoms with E-state index in [0.717, 1.165) is 11.3 Å². The molecule has 0 aliphatic heterocycles. The van der Waals surface area contributed by atoms with Crippen molar-refractivity contribution in [1.82, 2.24) is 4.90 Å². The number of amides is 1. The van der Waals surface area contributed by atoms with E-state index in [2.05, 4.69) is 5.32 Å². The van der Waals surface area contributed by atoms with Gasteiger partial charge in [-0.25, -0.2) is 0 Å². The zero-order valence-corrected chi connectivity index (χ0v) is 14.5. The molecule has 0 atom stereocenters. The minimum atomic E-state index is -0.124. The van der Waals surface area contributed by atoms with Crippen molar-refractivity contribution >= 4 is 34.8 Å². The Balaban J connectivity index is 1.93. The Morgan fingerprint density at radius 1 is 1.17 bits per heavy atom. The first-order valence-electron chi connectivity index (χ1n) is 7.05. The maximum atomic E-state index is 12.1. The van der Waals surface area contributed by atoms with Crippen molar-refractivity contribution in [2.75, 3.05) is 26.0 Å². The molecule has 23 heavy (non-hydrogen) atoms. The molecule has 0 fully saturated rings. The molecule has 2 aromatic carbocycles. The van der Waals surface area contributed by atoms with Crippen LogP contribution in [0.4, 0.5) is 5.69 Å². The third-order valence-electron chi connectivity index (χ3n) is 3.25. The summed E-state index contributed by atoms with van der Waals surface area (Å²) < 4.78 is 5.32. The van der Waals surface area contributed by atoms with E-state index in [0.29, 0.717) is 22.3 Å². The number of rotatable bonds is 6. The predicted octanol–water partition coefficient (Wildman–Crippen LogP) is 4.07. The fourth-order valence-corrected chi connectivity index (χ4v) is 2.50. The van der Waals surface area contributed by atoms with Gasteiger partial charge in [0.15, 0.2) is 0 Å². The van der Waals surface area contributed by atoms with Crippen LogP contribution in [-0.4, -0.2) is 31.5 Å². The lowest BCUT2D eigenvalue weighted by atomic mass is 10.2. The van der Waals surface area contributed by atoms with Crippen LogP contribution in [0.25, 0.3) is 0 Å². The van der Waals surface area contributed by atoms with Crippen LogP contribution >= 0.6 is 23.2 Å². The Bertz CT molecular complexity index is 692. The number of carbonyl (C=O) groups is 1. The molecular formula is C17H18Cl2N2O2. The second kappa shape index (κ2) is 8.20. The van der Waals surface area contributed by atoms with Crippen molar-refractivity contribution in [1.29, 1.82) is 0 Å². The van der Waals surface area contributed by atoms with E-state index in [1.807, 2.05) is 36.2 Å². The lowest BCUT2D eigenvalue weighted by Crippen LogP contribution is -2.29. The first kappa shape index (κ1) is 17.6. The summed E-state index contributed by atoms with van der Waals surface area (Å²) in [6.45, 7) is 0.858. The number of likely N-dealkylation sites (N-methyl/N-ethyl adjacent to an activating group) is 1. The third kappa shape index (κ3) is 5.13. The molecule has 1 amide bonds. The van der Waals surface area contributed by atoms with Crippen LogP contribution in [0.15, 0.2) is 42.5 Å². The Morgan fingerprint density at radius 3 is 2.61 bits per heavy atom. The van der Waals surface area contributed by atoms with Crippen molar-refractivity contribution in [3.8, 4) is 5.75 Å². The van der Waals surface area contributed by atoms with E-state index in [9.17, 15) is 4.79 Å². The van der Waals surface area contributed by atoms with Crippen LogP contribution in [0, 0.1) is 0 Å². The van der Waals surface area contributed by atoms with Crippen molar-refractivity contribution < 1.29 is 9.53 Å². The van der Waals surface area contributed by atoms with Crippen LogP contribution in [0.1, 0.15) is 5.56 Å². The molecule has 0 aliphatic carbocycles. The molecule has 0 spiro atoms. The summed E-state index contributed by atoms with van der Waals surface area (Å²) in [6.07, 6.45) is 0. The van der Waals surface area contributed by atoms with Gasteiger partial charge >= 0.3 is 0 Å². The molecule has 6 heteroatoms. The van der Waals surface area contributed by atoms with Crippen molar-refractivity contribution in [2.24, 2.45) is 0 Å². The van der Waals surface area contributed by atoms with Gasteiger partial charge in [-0.2, -0.15) is 0 Å². The largest absolute Gasteiger partial charge is 0.496 e. The summed E-state index contributed by atoms with van der Waals surface area (Å²) in [6, 6.07) is 12.7. The molecule has 122 valence electrons. The highest BCUT2D eigenvalue weighted by molar-refractivity contribution is 6.42. The maximum Gasteiger partial charge on any atom is 0.238 e. The Labute approximate surface area is 146 Å². The summed E-state index contributed by atoms with van der Waals surface area (Å²) in [4.78, 5) is 14.0. The highest BCUT2D eigenvalue weighted by atomic mass is 35.5. The number of ether oxygens (including phenoxy) is 1. The number of benzene rings is 2. The zero-order chi connectivity index (χ0) is 16.8. The van der Waals surface area contributed by atoms with E-state index in [1.54, 1.807) is 25.3 Å². The highest BCUT2D eigenvalue weighted by Gasteiger charge is 2.10. The van der Waals surface area contributed by atoms with E-state index in [4.69, 9.17) is 27.9 Å². The molecular weight excluding hydrogens is 335 g/mol. The topological polar surface area (TPSA) is 41.6 Å². The monoisotopic (exact) mass is 352 g/mol. The molecule has 4 nitrogen and oxygen atoms in total. The van der Waals surface area contributed by atoms with Gasteiger partial charge in [0.2, 0.25) is 5.91 Å². The number of halogens is 2. The van der Waals surface area contributed by atoms with Crippen LogP contribution in [0.3, 0.4) is 0 Å². The molecule has 0 aliphatic rings. The fraction of sp³-hybridized carbons (Fsp3) is 0.235. The predicted molar refractivity (Wildman–Crippen MR) is 94.4 cm³/mol. The van der Waals surface area contributed by atoms with Gasteiger partial charge in [-0.3, -0.25) is 9.69 Å². The normalized spacial score (nSPS) is 10.7. The SMILES string of the molecule is COc1ccccc1CN(C)CC(=O)Nc1ccc(Cl)c(Cl)c1. The summed E-state index contributed by atoms with van der Waals surface area (Å²) in [7, 11) is 3.51. The van der Waals surface area contributed by atoms with Crippen LogP contribution in [0.5, 0.6) is 5.75 Å². The lowest BCUT2D eigenvalue weighted by molar-refractivity contribution is -0.117. The molecule has 1 N–H and O–H groups in total. The maximum absolute atomic E-state index is 12.1. The molecule has 2 aromatic rings. The minimum absolute atomic E-state index is 0.124. The van der Waals surface area contributed by atoms with Gasteiger partial charge in [-0.15, -0.1) is 0 Å². The summed E-state index contributed by atoms with van der Waals surface area (Å²) in [5.74, 6) is 0.685. The van der Waals surface area contributed by atoms with Crippen LogP contribution < -0.4 is 10.1 Å². The quantitative estimate of drug-likeness (QED) is 0.851. The third-order valence-corrected chi connectivity index (χ3v) is 3.99. The van der Waals surface area contributed by atoms with Gasteiger partial charge in [0, 0.05) is 17.8 Å². The number of hydrogen-bond donors (Lipinski definition) is 1. The number of para-hydroxylation sites is 1. The number of nitrogens with zero attached hydrogens (tertiary/aromatic N) is 1. The summed E-state index contributed by atoms with van der Waals surface area (Å²) >= 11 is 11.8. The van der Waals surface area contributed by atoms with Gasteiger partial charge in [0.05, 0.1) is 23.7 Å². The highest BCUT2D eigenvalue weighted by Crippen LogP contribution is 2.25. The van der Waals surface area contributed by atoms with Gasteiger partial charge in [-0.05, 0) is 31.3 Å². The smallest absolute Gasteiger partial charge is 0.238 e. The van der Waals surface area contributed by atoms with E-state index in [-0.39, 0.29) is 12.5 Å². The van der Waals surface area contributed by atoms with Crippen LogP contribution in [-0.2, 0) is 11.3 Å². The van der Waals surface area contributed by atoms with Gasteiger partial charge in [-0.1, -0.05) is 41.4 Å². The first-order chi connectivity index (χ1) is 11.0. The second-order valence-electron chi connectivity index (χ2n) is 5.16. The average molecular weight is 353 g/mol. The number of carbonyl (C=O) groups excluding carboxylic acids is 1. The Hall–Kier alpha value is -1.75. The molecule has 0 radical (unpaired) electrons. The van der Waals surface area contributed by atoms with Crippen LogP contribution in [0.2, 0.25) is 10.0 Å². The van der Waals surface area contributed by atoms with Crippen molar-refractivity contribution in [2.45, 2.75) is 6.54 Å². The average Bonchev–Trinajstić information content (AvgIpc) is 2.51. The second-order valence-corrected chi connectivity index (χ2v) is 5.98. The minimum Gasteiger partial charge on any atom is -0.496 e. The van der Waals surface area contributed by atoms with Crippen molar-refractivity contribution in [3.05, 3.63) is 58.1 Å². The lowest BCUT2D eigenvalue weighted by Gasteiger charge is -2.18. The molecule has 0 heterocycles. The molecule has 0 unspecified atom stereocenters. The van der Waals surface area contributed by atoms with E-state index < -0.39 is 0 Å². The Kier molecular flexibility index (Phi) is 6.28. The standard InChI is InChI=1S/C17H18Cl2N2O2/c1-21(10-12-5-3-4-6-16(12)23-2)11-17(22)20-13-7-8-14(18)15(19)9-13/h3-9H,10-11H2,1-2H3,(H,20,22). The number of methoxy groups -OCH3 is 1. The molecule has 0 saturated heterocycles. The van der Waals surface area contributed by atoms with Gasteiger partial charge in [0.25, 0.3) is 0 Å². The fourth-order valence-electron chi connectivity index (χ4n) is 2.20. The summed E-state index contributed by atoms with van der Waals surface area (Å²) in [5.41, 5.74) is 1.65. The zero-order valence-electron chi connectivity index (χ0n) is 13.0. The van der Waals surface area contributed by atoms with Crippen molar-refractivity contribution in [3.63, 3.8) is 0 Å². The molecule has 2 rings (SSSR count). The van der Waals surface area contributed by atoms with Gasteiger partial charge < -0.3 is 10.1 Å². The molecule has 0 saturated carbocycles. The van der Waals surface area contributed by atoms with E-state index in [1.165, 1.54) is 0 Å². The summed E-state index contributed by atoms with van der Waals surface area (Å²) in [5, 5.41) is 3.67. The number of hydrogen-bond acceptors (Lipinski definition) is 3. The molecule has 0 bridgehead atoms. The van der Waals surface area contributed by atoms with E-state index >= 15 is 0 Å². The Morgan fingerprint density at radius 2 is 1.91 bits per heavy atom. The molecule has 0 aromatic heterocycles. The van der Waals surface area contributed by atoms with Gasteiger partial charge in [0.1, 0.15) is 5.75 Å².